The Kier molecular flexibility index (Phi) is 3.40. The Morgan fingerprint density at radius 1 is 1.30 bits per heavy atom. The summed E-state index contributed by atoms with van der Waals surface area (Å²) >= 11 is 8.35. The third-order valence-corrected chi connectivity index (χ3v) is 4.38. The van der Waals surface area contributed by atoms with Crippen LogP contribution < -0.4 is 0 Å². The van der Waals surface area contributed by atoms with Gasteiger partial charge in [0.25, 0.3) is 0 Å². The molecule has 0 saturated heterocycles. The molecule has 0 unspecified atom stereocenters. The summed E-state index contributed by atoms with van der Waals surface area (Å²) in [7, 11) is 1.95. The molecule has 20 heavy (non-hydrogen) atoms. The van der Waals surface area contributed by atoms with Crippen LogP contribution in [0.2, 0.25) is 5.02 Å². The average molecular weight is 394 g/mol. The second kappa shape index (κ2) is 5.08. The predicted octanol–water partition coefficient (Wildman–Crippen LogP) is 4.37. The molecule has 0 aliphatic carbocycles. The SMILES string of the molecule is Cn1c(-c2cc(Cl)ccc2I)nc2c(C#N)cccc21. The fourth-order valence-corrected chi connectivity index (χ4v) is 2.96. The Bertz CT molecular complexity index is 861. The van der Waals surface area contributed by atoms with E-state index in [1.165, 1.54) is 0 Å². The molecule has 1 aromatic heterocycles. The zero-order valence-corrected chi connectivity index (χ0v) is 13.5. The van der Waals surface area contributed by atoms with Crippen molar-refractivity contribution >= 4 is 45.2 Å². The normalized spacial score (nSPS) is 10.7. The minimum absolute atomic E-state index is 0.585. The number of hydrogen-bond acceptors (Lipinski definition) is 2. The molecule has 1 heterocycles. The summed E-state index contributed by atoms with van der Waals surface area (Å²) in [6, 6.07) is 13.5. The van der Waals surface area contributed by atoms with Crippen molar-refractivity contribution in [3.8, 4) is 17.5 Å². The zero-order chi connectivity index (χ0) is 14.3. The van der Waals surface area contributed by atoms with E-state index in [1.54, 1.807) is 6.07 Å². The summed E-state index contributed by atoms with van der Waals surface area (Å²) in [6.07, 6.45) is 0. The van der Waals surface area contributed by atoms with Crippen molar-refractivity contribution in [1.29, 1.82) is 5.26 Å². The van der Waals surface area contributed by atoms with Crippen LogP contribution in [0.4, 0.5) is 0 Å². The Balaban J connectivity index is 2.36. The van der Waals surface area contributed by atoms with Crippen molar-refractivity contribution in [3.05, 3.63) is 50.6 Å². The van der Waals surface area contributed by atoms with Gasteiger partial charge >= 0.3 is 0 Å². The van der Waals surface area contributed by atoms with Crippen LogP contribution in [-0.4, -0.2) is 9.55 Å². The summed E-state index contributed by atoms with van der Waals surface area (Å²) in [5.41, 5.74) is 3.22. The number of nitriles is 1. The van der Waals surface area contributed by atoms with E-state index >= 15 is 0 Å². The summed E-state index contributed by atoms with van der Waals surface area (Å²) in [6.45, 7) is 0. The Hall–Kier alpha value is -1.58. The minimum atomic E-state index is 0.585. The molecule has 5 heteroatoms. The molecule has 0 fully saturated rings. The van der Waals surface area contributed by atoms with Crippen molar-refractivity contribution in [2.24, 2.45) is 7.05 Å². The maximum absolute atomic E-state index is 9.18. The number of aryl methyl sites for hydroxylation is 1. The quantitative estimate of drug-likeness (QED) is 0.576. The Morgan fingerprint density at radius 3 is 2.85 bits per heavy atom. The summed E-state index contributed by atoms with van der Waals surface area (Å²) in [5, 5.41) is 9.86. The second-order valence-electron chi connectivity index (χ2n) is 4.40. The number of nitrogens with zero attached hydrogens (tertiary/aromatic N) is 3. The lowest BCUT2D eigenvalue weighted by Gasteiger charge is -2.05. The molecule has 3 rings (SSSR count). The molecular weight excluding hydrogens is 385 g/mol. The third kappa shape index (κ3) is 2.07. The molecule has 2 aromatic carbocycles. The highest BCUT2D eigenvalue weighted by Crippen LogP contribution is 2.30. The number of rotatable bonds is 1. The van der Waals surface area contributed by atoms with Gasteiger partial charge in [-0.3, -0.25) is 0 Å². The molecule has 0 saturated carbocycles. The van der Waals surface area contributed by atoms with Crippen LogP contribution in [0, 0.1) is 14.9 Å². The number of para-hydroxylation sites is 1. The summed E-state index contributed by atoms with van der Waals surface area (Å²) < 4.78 is 3.06. The van der Waals surface area contributed by atoms with E-state index in [-0.39, 0.29) is 0 Å². The van der Waals surface area contributed by atoms with Gasteiger partial charge in [0.15, 0.2) is 0 Å². The predicted molar refractivity (Wildman–Crippen MR) is 88.6 cm³/mol. The number of hydrogen-bond donors (Lipinski definition) is 0. The zero-order valence-electron chi connectivity index (χ0n) is 10.6. The first-order chi connectivity index (χ1) is 9.61. The summed E-state index contributed by atoms with van der Waals surface area (Å²) in [4.78, 5) is 4.63. The van der Waals surface area contributed by atoms with Crippen molar-refractivity contribution in [2.75, 3.05) is 0 Å². The summed E-state index contributed by atoms with van der Waals surface area (Å²) in [5.74, 6) is 0.814. The monoisotopic (exact) mass is 393 g/mol. The van der Waals surface area contributed by atoms with Crippen molar-refractivity contribution in [3.63, 3.8) is 0 Å². The number of halogens is 2. The molecule has 0 spiro atoms. The van der Waals surface area contributed by atoms with E-state index in [4.69, 9.17) is 11.6 Å². The Labute approximate surface area is 134 Å². The molecule has 0 aliphatic heterocycles. The van der Waals surface area contributed by atoms with E-state index in [9.17, 15) is 5.26 Å². The fourth-order valence-electron chi connectivity index (χ4n) is 2.21. The topological polar surface area (TPSA) is 41.6 Å². The van der Waals surface area contributed by atoms with Gasteiger partial charge in [-0.05, 0) is 52.9 Å². The molecule has 0 radical (unpaired) electrons. The first-order valence-corrected chi connectivity index (χ1v) is 7.38. The van der Waals surface area contributed by atoms with Gasteiger partial charge < -0.3 is 4.57 Å². The molecule has 0 N–H and O–H groups in total. The van der Waals surface area contributed by atoms with Crippen LogP contribution in [-0.2, 0) is 7.05 Å². The van der Waals surface area contributed by atoms with Crippen LogP contribution in [0.1, 0.15) is 5.56 Å². The van der Waals surface area contributed by atoms with Gasteiger partial charge in [-0.15, -0.1) is 0 Å². The smallest absolute Gasteiger partial charge is 0.142 e. The van der Waals surface area contributed by atoms with E-state index in [0.29, 0.717) is 10.6 Å². The maximum atomic E-state index is 9.18. The highest BCUT2D eigenvalue weighted by atomic mass is 127. The molecule has 3 aromatic rings. The lowest BCUT2D eigenvalue weighted by Crippen LogP contribution is -1.94. The highest BCUT2D eigenvalue weighted by molar-refractivity contribution is 14.1. The molecule has 3 nitrogen and oxygen atoms in total. The molecule has 98 valence electrons. The lowest BCUT2D eigenvalue weighted by atomic mass is 10.2. The molecule has 0 aliphatic rings. The number of fused-ring (bicyclic) bond motifs is 1. The van der Waals surface area contributed by atoms with Crippen LogP contribution in [0.25, 0.3) is 22.4 Å². The highest BCUT2D eigenvalue weighted by Gasteiger charge is 2.14. The van der Waals surface area contributed by atoms with Crippen molar-refractivity contribution < 1.29 is 0 Å². The van der Waals surface area contributed by atoms with Crippen LogP contribution in [0.3, 0.4) is 0 Å². The average Bonchev–Trinajstić information content (AvgIpc) is 2.79. The van der Waals surface area contributed by atoms with Gasteiger partial charge in [0.1, 0.15) is 17.4 Å². The van der Waals surface area contributed by atoms with E-state index in [2.05, 4.69) is 33.6 Å². The van der Waals surface area contributed by atoms with Crippen LogP contribution >= 0.6 is 34.2 Å². The van der Waals surface area contributed by atoms with Crippen LogP contribution in [0.15, 0.2) is 36.4 Å². The van der Waals surface area contributed by atoms with Gasteiger partial charge in [-0.1, -0.05) is 17.7 Å². The Morgan fingerprint density at radius 2 is 2.10 bits per heavy atom. The van der Waals surface area contributed by atoms with E-state index < -0.39 is 0 Å². The minimum Gasteiger partial charge on any atom is -0.327 e. The molecule has 0 atom stereocenters. The van der Waals surface area contributed by atoms with Gasteiger partial charge in [0, 0.05) is 21.2 Å². The lowest BCUT2D eigenvalue weighted by molar-refractivity contribution is 0.958. The molecule has 0 amide bonds. The molecular formula is C15H9ClIN3. The second-order valence-corrected chi connectivity index (χ2v) is 6.00. The van der Waals surface area contributed by atoms with Gasteiger partial charge in [0.2, 0.25) is 0 Å². The van der Waals surface area contributed by atoms with Crippen molar-refractivity contribution in [1.82, 2.24) is 9.55 Å². The largest absolute Gasteiger partial charge is 0.327 e. The third-order valence-electron chi connectivity index (χ3n) is 3.20. The van der Waals surface area contributed by atoms with Gasteiger partial charge in [-0.2, -0.15) is 5.26 Å². The molecule has 0 bridgehead atoms. The first-order valence-electron chi connectivity index (χ1n) is 5.93. The number of benzene rings is 2. The van der Waals surface area contributed by atoms with Crippen LogP contribution in [0.5, 0.6) is 0 Å². The first kappa shape index (κ1) is 13.4. The standard InChI is InChI=1S/C15H9ClIN3/c1-20-13-4-2-3-9(8-18)14(13)19-15(20)11-7-10(16)5-6-12(11)17/h2-7H,1H3. The number of imidazole rings is 1. The van der Waals surface area contributed by atoms with E-state index in [0.717, 1.165) is 26.0 Å². The van der Waals surface area contributed by atoms with E-state index in [1.807, 2.05) is 41.9 Å². The number of aromatic nitrogens is 2. The van der Waals surface area contributed by atoms with Gasteiger partial charge in [-0.25, -0.2) is 4.98 Å². The maximum Gasteiger partial charge on any atom is 0.142 e. The van der Waals surface area contributed by atoms with Gasteiger partial charge in [0.05, 0.1) is 11.1 Å². The fraction of sp³-hybridized carbons (Fsp3) is 0.0667. The van der Waals surface area contributed by atoms with Crippen molar-refractivity contribution in [2.45, 2.75) is 0 Å².